The Labute approximate surface area is 76.4 Å². The Bertz CT molecular complexity index is 218. The molecule has 0 unspecified atom stereocenters. The van der Waals surface area contributed by atoms with Crippen LogP contribution in [0.25, 0.3) is 0 Å². The van der Waals surface area contributed by atoms with E-state index in [-0.39, 0.29) is 0 Å². The van der Waals surface area contributed by atoms with Crippen LogP contribution in [0, 0.1) is 5.92 Å². The van der Waals surface area contributed by atoms with Crippen molar-refractivity contribution >= 4 is 0 Å². The largest absolute Gasteiger partial charge is 0.0701 e. The molecule has 0 aromatic heterocycles. The van der Waals surface area contributed by atoms with Gasteiger partial charge in [0.2, 0.25) is 0 Å². The van der Waals surface area contributed by atoms with Gasteiger partial charge >= 0.3 is 0 Å². The molecule has 1 aliphatic rings. The molecule has 0 saturated carbocycles. The summed E-state index contributed by atoms with van der Waals surface area (Å²) in [7, 11) is 0. The summed E-state index contributed by atoms with van der Waals surface area (Å²) in [6.45, 7) is 8.93. The van der Waals surface area contributed by atoms with Crippen molar-refractivity contribution < 1.29 is 0 Å². The van der Waals surface area contributed by atoms with Crippen molar-refractivity contribution in [3.05, 3.63) is 28.7 Å². The van der Waals surface area contributed by atoms with E-state index in [1.54, 1.807) is 5.57 Å². The number of unbranched alkanes of at least 4 members (excludes halogenated alkanes) is 1. The van der Waals surface area contributed by atoms with Crippen LogP contribution in [0.15, 0.2) is 22.8 Å². The highest BCUT2D eigenvalue weighted by molar-refractivity contribution is 5.52. The molecule has 0 fully saturated rings. The van der Waals surface area contributed by atoms with Crippen molar-refractivity contribution in [3.63, 3.8) is 0 Å². The van der Waals surface area contributed by atoms with Crippen molar-refractivity contribution in [1.29, 1.82) is 0 Å². The molecule has 0 heterocycles. The summed E-state index contributed by atoms with van der Waals surface area (Å²) in [6, 6.07) is 0. The molecule has 12 heavy (non-hydrogen) atoms. The summed E-state index contributed by atoms with van der Waals surface area (Å²) >= 11 is 0. The first-order valence-corrected chi connectivity index (χ1v) is 4.89. The highest BCUT2D eigenvalue weighted by Crippen LogP contribution is 2.34. The maximum atomic E-state index is 2.31. The van der Waals surface area contributed by atoms with E-state index in [0.717, 1.165) is 0 Å². The van der Waals surface area contributed by atoms with Crippen LogP contribution in [0.4, 0.5) is 0 Å². The van der Waals surface area contributed by atoms with Gasteiger partial charge in [-0.25, -0.2) is 0 Å². The molecule has 1 rings (SSSR count). The lowest BCUT2D eigenvalue weighted by molar-refractivity contribution is 0.780. The van der Waals surface area contributed by atoms with Gasteiger partial charge in [-0.1, -0.05) is 37.5 Å². The van der Waals surface area contributed by atoms with E-state index in [1.807, 2.05) is 0 Å². The number of hydrogen-bond donors (Lipinski definition) is 0. The van der Waals surface area contributed by atoms with E-state index < -0.39 is 0 Å². The number of rotatable bonds is 3. The normalized spacial score (nSPS) is 18.8. The molecule has 0 amide bonds. The monoisotopic (exact) mass is 163 g/mol. The average Bonchev–Trinajstić information content (AvgIpc) is 2.25. The first kappa shape index (κ1) is 9.57. The minimum absolute atomic E-state index is 1.27. The summed E-state index contributed by atoms with van der Waals surface area (Å²) in [6.07, 6.45) is 6.19. The summed E-state index contributed by atoms with van der Waals surface area (Å²) < 4.78 is 0. The molecule has 0 bridgehead atoms. The lowest BCUT2D eigenvalue weighted by Gasteiger charge is -2.08. The molecule has 0 saturated heterocycles. The van der Waals surface area contributed by atoms with E-state index in [2.05, 4.69) is 33.8 Å². The third-order valence-electron chi connectivity index (χ3n) is 2.73. The van der Waals surface area contributed by atoms with E-state index >= 15 is 0 Å². The predicted molar refractivity (Wildman–Crippen MR) is 54.9 cm³/mol. The second-order valence-corrected chi connectivity index (χ2v) is 3.72. The third-order valence-corrected chi connectivity index (χ3v) is 2.73. The Kier molecular flexibility index (Phi) is 3.13. The summed E-state index contributed by atoms with van der Waals surface area (Å²) in [5, 5.41) is 0. The Hall–Kier alpha value is -0.520. The second-order valence-electron chi connectivity index (χ2n) is 3.72. The van der Waals surface area contributed by atoms with Crippen LogP contribution < -0.4 is 0 Å². The first-order chi connectivity index (χ1) is 5.66. The molecule has 1 aliphatic carbocycles. The van der Waals surface area contributed by atoms with Crippen LogP contribution in [-0.2, 0) is 0 Å². The molecule has 0 aromatic carbocycles. The Morgan fingerprint density at radius 2 is 1.83 bits per heavy atom. The molecular weight excluding hydrogens is 144 g/mol. The van der Waals surface area contributed by atoms with Crippen molar-refractivity contribution in [2.45, 2.75) is 47.0 Å². The number of allylic oxidation sites excluding steroid dienone is 4. The van der Waals surface area contributed by atoms with Gasteiger partial charge in [0.05, 0.1) is 0 Å². The predicted octanol–water partition coefficient (Wildman–Crippen LogP) is 4.05. The minimum Gasteiger partial charge on any atom is -0.0701 e. The van der Waals surface area contributed by atoms with Crippen LogP contribution in [0.1, 0.15) is 47.0 Å². The van der Waals surface area contributed by atoms with Gasteiger partial charge in [0.1, 0.15) is 0 Å². The van der Waals surface area contributed by atoms with Gasteiger partial charge in [0, 0.05) is 5.92 Å². The van der Waals surface area contributed by atoms with Crippen LogP contribution in [0.3, 0.4) is 0 Å². The molecule has 0 nitrogen and oxygen atoms in total. The van der Waals surface area contributed by atoms with Crippen LogP contribution in [0.5, 0.6) is 0 Å². The van der Waals surface area contributed by atoms with Crippen molar-refractivity contribution in [1.82, 2.24) is 0 Å². The van der Waals surface area contributed by atoms with E-state index in [0.29, 0.717) is 0 Å². The van der Waals surface area contributed by atoms with Gasteiger partial charge in [0.25, 0.3) is 0 Å². The van der Waals surface area contributed by atoms with Gasteiger partial charge < -0.3 is 0 Å². The maximum absolute atomic E-state index is 2.31. The topological polar surface area (TPSA) is 0 Å². The maximum Gasteiger partial charge on any atom is 0.0200 e. The fourth-order valence-electron chi connectivity index (χ4n) is 1.79. The molecule has 0 aliphatic heterocycles. The van der Waals surface area contributed by atoms with Gasteiger partial charge in [-0.15, -0.1) is 0 Å². The molecule has 0 heteroatoms. The van der Waals surface area contributed by atoms with E-state index in [9.17, 15) is 0 Å². The summed E-state index contributed by atoms with van der Waals surface area (Å²) in [5.41, 5.74) is 4.56. The SMILES string of the molecule is CCCCC1=C(C)C(C)=C[C]1C. The van der Waals surface area contributed by atoms with Crippen LogP contribution in [-0.4, -0.2) is 0 Å². The highest BCUT2D eigenvalue weighted by atomic mass is 14.2. The standard InChI is InChI=1S/C12H19/c1-5-6-7-12-10(3)8-9(2)11(12)4/h8H,5-7H2,1-4H3. The zero-order valence-corrected chi connectivity index (χ0v) is 8.70. The average molecular weight is 163 g/mol. The molecule has 0 N–H and O–H groups in total. The third kappa shape index (κ3) is 1.80. The van der Waals surface area contributed by atoms with Crippen molar-refractivity contribution in [3.8, 4) is 0 Å². The minimum atomic E-state index is 1.27. The molecule has 0 spiro atoms. The zero-order valence-electron chi connectivity index (χ0n) is 8.70. The van der Waals surface area contributed by atoms with Gasteiger partial charge in [0.15, 0.2) is 0 Å². The van der Waals surface area contributed by atoms with Crippen LogP contribution >= 0.6 is 0 Å². The van der Waals surface area contributed by atoms with Gasteiger partial charge in [-0.05, 0) is 32.3 Å². The molecule has 1 radical (unpaired) electrons. The molecular formula is C12H19. The van der Waals surface area contributed by atoms with Crippen LogP contribution in [0.2, 0.25) is 0 Å². The lowest BCUT2D eigenvalue weighted by Crippen LogP contribution is -1.91. The highest BCUT2D eigenvalue weighted by Gasteiger charge is 2.17. The zero-order chi connectivity index (χ0) is 9.14. The van der Waals surface area contributed by atoms with E-state index in [4.69, 9.17) is 0 Å². The van der Waals surface area contributed by atoms with Crippen molar-refractivity contribution in [2.24, 2.45) is 0 Å². The second kappa shape index (κ2) is 3.93. The van der Waals surface area contributed by atoms with Gasteiger partial charge in [-0.3, -0.25) is 0 Å². The number of hydrogen-bond acceptors (Lipinski definition) is 0. The Balaban J connectivity index is 2.65. The lowest BCUT2D eigenvalue weighted by atomic mass is 9.97. The summed E-state index contributed by atoms with van der Waals surface area (Å²) in [5.74, 6) is 1.48. The summed E-state index contributed by atoms with van der Waals surface area (Å²) in [4.78, 5) is 0. The fourth-order valence-corrected chi connectivity index (χ4v) is 1.79. The Morgan fingerprint density at radius 3 is 2.25 bits per heavy atom. The quantitative estimate of drug-likeness (QED) is 0.589. The smallest absolute Gasteiger partial charge is 0.0200 e. The Morgan fingerprint density at radius 1 is 1.17 bits per heavy atom. The van der Waals surface area contributed by atoms with E-state index in [1.165, 1.54) is 36.3 Å². The van der Waals surface area contributed by atoms with Gasteiger partial charge in [-0.2, -0.15) is 0 Å². The molecule has 67 valence electrons. The molecule has 0 aromatic rings. The first-order valence-electron chi connectivity index (χ1n) is 4.89. The fraction of sp³-hybridized carbons (Fsp3) is 0.583. The molecule has 0 atom stereocenters. The van der Waals surface area contributed by atoms with Crippen molar-refractivity contribution in [2.75, 3.05) is 0 Å².